The van der Waals surface area contributed by atoms with Crippen molar-refractivity contribution in [2.24, 2.45) is 5.92 Å². The lowest BCUT2D eigenvalue weighted by Gasteiger charge is -2.34. The Morgan fingerprint density at radius 2 is 1.95 bits per heavy atom. The number of pyridine rings is 1. The van der Waals surface area contributed by atoms with Crippen molar-refractivity contribution < 1.29 is 8.42 Å². The highest BCUT2D eigenvalue weighted by Gasteiger charge is 2.32. The molecule has 1 saturated heterocycles. The van der Waals surface area contributed by atoms with Crippen LogP contribution in [0.25, 0.3) is 0 Å². The first-order valence-corrected chi connectivity index (χ1v) is 9.33. The second-order valence-corrected chi connectivity index (χ2v) is 8.51. The summed E-state index contributed by atoms with van der Waals surface area (Å²) in [5.74, 6) is 0.886. The molecule has 0 atom stereocenters. The van der Waals surface area contributed by atoms with Crippen LogP contribution in [-0.4, -0.2) is 55.3 Å². The molecule has 116 valence electrons. The van der Waals surface area contributed by atoms with E-state index in [0.717, 1.165) is 25.6 Å². The normalized spacial score (nSPS) is 21.6. The minimum absolute atomic E-state index is 0.0543. The van der Waals surface area contributed by atoms with Gasteiger partial charge >= 0.3 is 0 Å². The summed E-state index contributed by atoms with van der Waals surface area (Å²) in [7, 11) is -3.56. The number of hydrogen-bond acceptors (Lipinski definition) is 5. The van der Waals surface area contributed by atoms with E-state index in [9.17, 15) is 8.42 Å². The molecule has 1 aromatic heterocycles. The SMILES string of the molecule is Nc1ncc(Br)cc1S(=O)(=O)N1CCN(CC2CC2)CC1. The molecular weight excluding hydrogens is 356 g/mol. The molecule has 8 heteroatoms. The van der Waals surface area contributed by atoms with Gasteiger partial charge in [0.1, 0.15) is 10.7 Å². The Balaban J connectivity index is 1.72. The van der Waals surface area contributed by atoms with Gasteiger partial charge < -0.3 is 10.6 Å². The Labute approximate surface area is 133 Å². The Morgan fingerprint density at radius 3 is 2.57 bits per heavy atom. The zero-order valence-electron chi connectivity index (χ0n) is 11.7. The molecule has 2 fully saturated rings. The summed E-state index contributed by atoms with van der Waals surface area (Å²) in [5.41, 5.74) is 5.74. The highest BCUT2D eigenvalue weighted by Crippen LogP contribution is 2.30. The van der Waals surface area contributed by atoms with Crippen molar-refractivity contribution in [3.63, 3.8) is 0 Å². The maximum Gasteiger partial charge on any atom is 0.246 e. The van der Waals surface area contributed by atoms with Crippen LogP contribution in [0.4, 0.5) is 5.82 Å². The number of halogens is 1. The molecule has 0 aromatic carbocycles. The molecule has 0 spiro atoms. The summed E-state index contributed by atoms with van der Waals surface area (Å²) in [5, 5.41) is 0. The molecule has 2 heterocycles. The molecule has 0 amide bonds. The van der Waals surface area contributed by atoms with Gasteiger partial charge in [-0.25, -0.2) is 13.4 Å². The molecule has 6 nitrogen and oxygen atoms in total. The molecule has 2 N–H and O–H groups in total. The second-order valence-electron chi connectivity index (χ2n) is 5.68. The first kappa shape index (κ1) is 15.2. The maximum absolute atomic E-state index is 12.7. The average molecular weight is 375 g/mol. The predicted octanol–water partition coefficient (Wildman–Crippen LogP) is 1.14. The summed E-state index contributed by atoms with van der Waals surface area (Å²) >= 11 is 3.25. The van der Waals surface area contributed by atoms with Crippen molar-refractivity contribution in [2.75, 3.05) is 38.5 Å². The molecule has 1 aromatic rings. The monoisotopic (exact) mass is 374 g/mol. The van der Waals surface area contributed by atoms with E-state index in [4.69, 9.17) is 5.73 Å². The molecule has 0 radical (unpaired) electrons. The molecule has 0 bridgehead atoms. The van der Waals surface area contributed by atoms with Crippen molar-refractivity contribution in [3.05, 3.63) is 16.7 Å². The van der Waals surface area contributed by atoms with E-state index in [1.807, 2.05) is 0 Å². The fourth-order valence-corrected chi connectivity index (χ4v) is 4.59. The van der Waals surface area contributed by atoms with Gasteiger partial charge in [0.2, 0.25) is 10.0 Å². The van der Waals surface area contributed by atoms with Crippen LogP contribution in [0.5, 0.6) is 0 Å². The number of anilines is 1. The lowest BCUT2D eigenvalue weighted by Crippen LogP contribution is -2.49. The Kier molecular flexibility index (Phi) is 4.22. The lowest BCUT2D eigenvalue weighted by atomic mass is 10.3. The van der Waals surface area contributed by atoms with Crippen LogP contribution in [0.2, 0.25) is 0 Å². The number of aromatic nitrogens is 1. The van der Waals surface area contributed by atoms with Crippen LogP contribution >= 0.6 is 15.9 Å². The number of piperazine rings is 1. The molecule has 2 aliphatic rings. The lowest BCUT2D eigenvalue weighted by molar-refractivity contribution is 0.182. The standard InChI is InChI=1S/C13H19BrN4O2S/c14-11-7-12(13(15)16-8-11)21(19,20)18-5-3-17(4-6-18)9-10-1-2-10/h7-8,10H,1-6,9H2,(H2,15,16). The van der Waals surface area contributed by atoms with Crippen LogP contribution in [-0.2, 0) is 10.0 Å². The third-order valence-corrected chi connectivity index (χ3v) is 6.37. The summed E-state index contributed by atoms with van der Waals surface area (Å²) in [6.07, 6.45) is 4.14. The Morgan fingerprint density at radius 1 is 1.29 bits per heavy atom. The van der Waals surface area contributed by atoms with E-state index >= 15 is 0 Å². The fraction of sp³-hybridized carbons (Fsp3) is 0.615. The van der Waals surface area contributed by atoms with Gasteiger partial charge in [0.25, 0.3) is 0 Å². The van der Waals surface area contributed by atoms with Crippen LogP contribution in [0.15, 0.2) is 21.6 Å². The zero-order chi connectivity index (χ0) is 15.0. The molecular formula is C13H19BrN4O2S. The number of sulfonamides is 1. The van der Waals surface area contributed by atoms with Gasteiger partial charge in [-0.1, -0.05) is 0 Å². The highest BCUT2D eigenvalue weighted by atomic mass is 79.9. The van der Waals surface area contributed by atoms with Crippen molar-refractivity contribution in [1.82, 2.24) is 14.2 Å². The summed E-state index contributed by atoms with van der Waals surface area (Å²) in [4.78, 5) is 6.36. The largest absolute Gasteiger partial charge is 0.383 e. The van der Waals surface area contributed by atoms with Crippen molar-refractivity contribution >= 4 is 31.8 Å². The van der Waals surface area contributed by atoms with Gasteiger partial charge in [-0.05, 0) is 40.8 Å². The topological polar surface area (TPSA) is 79.5 Å². The summed E-state index contributed by atoms with van der Waals surface area (Å²) in [6.45, 7) is 3.71. The Hall–Kier alpha value is -0.700. The fourth-order valence-electron chi connectivity index (χ4n) is 2.59. The number of nitrogen functional groups attached to an aromatic ring is 1. The zero-order valence-corrected chi connectivity index (χ0v) is 14.1. The molecule has 0 unspecified atom stereocenters. The van der Waals surface area contributed by atoms with E-state index in [1.54, 1.807) is 0 Å². The number of nitrogens with zero attached hydrogens (tertiary/aromatic N) is 3. The van der Waals surface area contributed by atoms with Crippen LogP contribution in [0, 0.1) is 5.92 Å². The minimum Gasteiger partial charge on any atom is -0.383 e. The number of rotatable bonds is 4. The van der Waals surface area contributed by atoms with Gasteiger partial charge in [0.05, 0.1) is 0 Å². The van der Waals surface area contributed by atoms with E-state index in [1.165, 1.54) is 29.4 Å². The van der Waals surface area contributed by atoms with Gasteiger partial charge in [0, 0.05) is 43.4 Å². The van der Waals surface area contributed by atoms with E-state index in [0.29, 0.717) is 17.6 Å². The quantitative estimate of drug-likeness (QED) is 0.854. The molecule has 3 rings (SSSR count). The Bertz CT molecular complexity index is 625. The van der Waals surface area contributed by atoms with Crippen molar-refractivity contribution in [3.8, 4) is 0 Å². The van der Waals surface area contributed by atoms with E-state index in [-0.39, 0.29) is 10.7 Å². The van der Waals surface area contributed by atoms with E-state index in [2.05, 4.69) is 25.8 Å². The minimum atomic E-state index is -3.56. The molecule has 21 heavy (non-hydrogen) atoms. The number of nitrogens with two attached hydrogens (primary N) is 1. The molecule has 1 saturated carbocycles. The first-order chi connectivity index (χ1) is 9.96. The first-order valence-electron chi connectivity index (χ1n) is 7.10. The summed E-state index contributed by atoms with van der Waals surface area (Å²) in [6, 6.07) is 1.52. The predicted molar refractivity (Wildman–Crippen MR) is 84.3 cm³/mol. The highest BCUT2D eigenvalue weighted by molar-refractivity contribution is 9.10. The molecule has 1 aliphatic heterocycles. The third-order valence-electron chi connectivity index (χ3n) is 4.01. The van der Waals surface area contributed by atoms with Gasteiger partial charge in [-0.15, -0.1) is 0 Å². The van der Waals surface area contributed by atoms with Crippen molar-refractivity contribution in [1.29, 1.82) is 0 Å². The van der Waals surface area contributed by atoms with Gasteiger partial charge in [0.15, 0.2) is 0 Å². The average Bonchev–Trinajstić information content (AvgIpc) is 3.26. The smallest absolute Gasteiger partial charge is 0.246 e. The van der Waals surface area contributed by atoms with Crippen LogP contribution in [0.1, 0.15) is 12.8 Å². The number of hydrogen-bond donors (Lipinski definition) is 1. The van der Waals surface area contributed by atoms with E-state index < -0.39 is 10.0 Å². The summed E-state index contributed by atoms with van der Waals surface area (Å²) < 4.78 is 27.5. The maximum atomic E-state index is 12.7. The van der Waals surface area contributed by atoms with Crippen LogP contribution in [0.3, 0.4) is 0 Å². The van der Waals surface area contributed by atoms with Crippen LogP contribution < -0.4 is 5.73 Å². The molecule has 1 aliphatic carbocycles. The third kappa shape index (κ3) is 3.39. The van der Waals surface area contributed by atoms with Gasteiger partial charge in [-0.3, -0.25) is 0 Å². The second kappa shape index (κ2) is 5.83. The van der Waals surface area contributed by atoms with Crippen molar-refractivity contribution in [2.45, 2.75) is 17.7 Å². The van der Waals surface area contributed by atoms with Gasteiger partial charge in [-0.2, -0.15) is 4.31 Å².